The van der Waals surface area contributed by atoms with Gasteiger partial charge in [0.25, 0.3) is 0 Å². The average molecular weight is 345 g/mol. The Balaban J connectivity index is 2.08. The Bertz CT molecular complexity index is 842. The lowest BCUT2D eigenvalue weighted by Crippen LogP contribution is -2.28. The molecule has 1 aromatic carbocycles. The number of benzene rings is 1. The van der Waals surface area contributed by atoms with Gasteiger partial charge in [0, 0.05) is 24.9 Å². The SMILES string of the molecule is CC1C=C(Nc2c(C(O)CNN)cc3c(ncn3C)c2F)C=C[C@@H]1C. The van der Waals surface area contributed by atoms with Gasteiger partial charge in [-0.05, 0) is 24.0 Å². The molecule has 25 heavy (non-hydrogen) atoms. The summed E-state index contributed by atoms with van der Waals surface area (Å²) in [5.41, 5.74) is 4.78. The van der Waals surface area contributed by atoms with Gasteiger partial charge in [0.2, 0.25) is 0 Å². The lowest BCUT2D eigenvalue weighted by atomic mass is 9.90. The van der Waals surface area contributed by atoms with Gasteiger partial charge in [-0.25, -0.2) is 9.37 Å². The number of nitrogens with two attached hydrogens (primary N) is 1. The average Bonchev–Trinajstić information content (AvgIpc) is 2.95. The summed E-state index contributed by atoms with van der Waals surface area (Å²) < 4.78 is 16.8. The van der Waals surface area contributed by atoms with Crippen LogP contribution in [0.5, 0.6) is 0 Å². The maximum absolute atomic E-state index is 15.1. The van der Waals surface area contributed by atoms with Crippen LogP contribution in [0.2, 0.25) is 0 Å². The quantitative estimate of drug-likeness (QED) is 0.493. The lowest BCUT2D eigenvalue weighted by Gasteiger charge is -2.23. The van der Waals surface area contributed by atoms with Gasteiger partial charge in [-0.3, -0.25) is 11.3 Å². The van der Waals surface area contributed by atoms with Crippen LogP contribution in [-0.2, 0) is 7.05 Å². The van der Waals surface area contributed by atoms with E-state index in [9.17, 15) is 5.11 Å². The molecule has 2 aromatic rings. The molecule has 0 amide bonds. The van der Waals surface area contributed by atoms with Crippen LogP contribution in [0.3, 0.4) is 0 Å². The summed E-state index contributed by atoms with van der Waals surface area (Å²) >= 11 is 0. The second kappa shape index (κ2) is 6.95. The Morgan fingerprint density at radius 2 is 2.16 bits per heavy atom. The molecule has 0 aliphatic heterocycles. The summed E-state index contributed by atoms with van der Waals surface area (Å²) in [5, 5.41) is 13.6. The maximum Gasteiger partial charge on any atom is 0.174 e. The largest absolute Gasteiger partial charge is 0.387 e. The minimum Gasteiger partial charge on any atom is -0.387 e. The first kappa shape index (κ1) is 17.6. The number of hydrazine groups is 1. The summed E-state index contributed by atoms with van der Waals surface area (Å²) in [6.07, 6.45) is 6.68. The van der Waals surface area contributed by atoms with Gasteiger partial charge in [0.15, 0.2) is 5.82 Å². The minimum atomic E-state index is -0.953. The zero-order valence-electron chi connectivity index (χ0n) is 14.6. The third kappa shape index (κ3) is 3.30. The number of imidazole rings is 1. The molecule has 0 saturated carbocycles. The third-order valence-corrected chi connectivity index (χ3v) is 4.78. The number of hydrogen-bond donors (Lipinski definition) is 4. The van der Waals surface area contributed by atoms with Gasteiger partial charge < -0.3 is 15.0 Å². The number of aliphatic hydroxyl groups is 1. The van der Waals surface area contributed by atoms with Crippen molar-refractivity contribution >= 4 is 16.7 Å². The predicted molar refractivity (Wildman–Crippen MR) is 97.0 cm³/mol. The molecule has 0 spiro atoms. The number of aryl methyl sites for hydroxylation is 1. The molecule has 1 aliphatic carbocycles. The number of allylic oxidation sites excluding steroid dienone is 3. The normalized spacial score (nSPS) is 21.4. The van der Waals surface area contributed by atoms with Crippen LogP contribution in [0.25, 0.3) is 11.0 Å². The summed E-state index contributed by atoms with van der Waals surface area (Å²) in [6.45, 7) is 4.36. The molecule has 3 rings (SSSR count). The van der Waals surface area contributed by atoms with Crippen LogP contribution in [0, 0.1) is 17.7 Å². The fraction of sp³-hybridized carbons (Fsp3) is 0.389. The van der Waals surface area contributed by atoms with Crippen LogP contribution >= 0.6 is 0 Å². The Hall–Kier alpha value is -2.22. The first-order valence-corrected chi connectivity index (χ1v) is 8.34. The fourth-order valence-corrected chi connectivity index (χ4v) is 3.00. The molecule has 1 aromatic heterocycles. The van der Waals surface area contributed by atoms with Crippen molar-refractivity contribution in [1.82, 2.24) is 15.0 Å². The summed E-state index contributed by atoms with van der Waals surface area (Å²) in [6, 6.07) is 1.74. The van der Waals surface area contributed by atoms with Crippen molar-refractivity contribution < 1.29 is 9.50 Å². The molecule has 0 bridgehead atoms. The molecule has 1 aliphatic rings. The number of aromatic nitrogens is 2. The summed E-state index contributed by atoms with van der Waals surface area (Å²) in [7, 11) is 1.79. The van der Waals surface area contributed by atoms with Crippen molar-refractivity contribution in [3.63, 3.8) is 0 Å². The minimum absolute atomic E-state index is 0.111. The van der Waals surface area contributed by atoms with E-state index in [1.54, 1.807) is 24.0 Å². The van der Waals surface area contributed by atoms with Crippen LogP contribution < -0.4 is 16.6 Å². The first-order chi connectivity index (χ1) is 11.9. The van der Waals surface area contributed by atoms with Crippen LogP contribution in [0.1, 0.15) is 25.5 Å². The molecule has 1 heterocycles. The second-order valence-corrected chi connectivity index (χ2v) is 6.63. The van der Waals surface area contributed by atoms with Crippen molar-refractivity contribution in [2.75, 3.05) is 11.9 Å². The highest BCUT2D eigenvalue weighted by molar-refractivity contribution is 5.83. The molecule has 3 atom stereocenters. The van der Waals surface area contributed by atoms with Gasteiger partial charge >= 0.3 is 0 Å². The van der Waals surface area contributed by atoms with E-state index in [-0.39, 0.29) is 17.7 Å². The number of anilines is 1. The molecule has 2 unspecified atom stereocenters. The van der Waals surface area contributed by atoms with Crippen molar-refractivity contribution in [2.24, 2.45) is 24.7 Å². The Morgan fingerprint density at radius 1 is 1.40 bits per heavy atom. The number of nitrogens with zero attached hydrogens (tertiary/aromatic N) is 2. The molecule has 7 heteroatoms. The topological polar surface area (TPSA) is 88.1 Å². The zero-order valence-corrected chi connectivity index (χ0v) is 14.6. The predicted octanol–water partition coefficient (Wildman–Crippen LogP) is 2.35. The van der Waals surface area contributed by atoms with Gasteiger partial charge in [0.05, 0.1) is 23.6 Å². The third-order valence-electron chi connectivity index (χ3n) is 4.78. The molecule has 0 radical (unpaired) electrons. The van der Waals surface area contributed by atoms with Gasteiger partial charge in [0.1, 0.15) is 5.52 Å². The van der Waals surface area contributed by atoms with Crippen molar-refractivity contribution in [2.45, 2.75) is 20.0 Å². The molecule has 0 fully saturated rings. The zero-order chi connectivity index (χ0) is 18.1. The summed E-state index contributed by atoms with van der Waals surface area (Å²) in [5.74, 6) is 5.62. The molecular weight excluding hydrogens is 321 g/mol. The van der Waals surface area contributed by atoms with Gasteiger partial charge in [-0.15, -0.1) is 0 Å². The van der Waals surface area contributed by atoms with E-state index in [0.29, 0.717) is 22.9 Å². The number of halogens is 1. The Morgan fingerprint density at radius 3 is 2.84 bits per heavy atom. The molecule has 6 nitrogen and oxygen atoms in total. The number of fused-ring (bicyclic) bond motifs is 1. The van der Waals surface area contributed by atoms with Gasteiger partial charge in [-0.2, -0.15) is 0 Å². The lowest BCUT2D eigenvalue weighted by molar-refractivity contribution is 0.175. The Labute approximate surface area is 146 Å². The van der Waals surface area contributed by atoms with Crippen LogP contribution in [0.4, 0.5) is 10.1 Å². The summed E-state index contributed by atoms with van der Waals surface area (Å²) in [4.78, 5) is 4.13. The number of nitrogens with one attached hydrogen (secondary N) is 2. The smallest absolute Gasteiger partial charge is 0.174 e. The van der Waals surface area contributed by atoms with Crippen molar-refractivity contribution in [3.8, 4) is 0 Å². The number of rotatable bonds is 5. The Kier molecular flexibility index (Phi) is 4.89. The van der Waals surface area contributed by atoms with Gasteiger partial charge in [-0.1, -0.05) is 26.0 Å². The highest BCUT2D eigenvalue weighted by Crippen LogP contribution is 2.34. The van der Waals surface area contributed by atoms with Crippen molar-refractivity contribution in [1.29, 1.82) is 0 Å². The number of aliphatic hydroxyl groups excluding tert-OH is 1. The van der Waals surface area contributed by atoms with Crippen LogP contribution in [0.15, 0.2) is 36.3 Å². The van der Waals surface area contributed by atoms with Crippen LogP contribution in [-0.4, -0.2) is 21.2 Å². The standard InChI is InChI=1S/C18H24FN5O/c1-10-4-5-12(6-11(10)2)23-17-13(15(25)8-22-20)7-14-18(16(17)19)21-9-24(14)3/h4-7,9-11,15,22-23,25H,8,20H2,1-3H3/t10-,11?,15?/m0/s1. The molecule has 5 N–H and O–H groups in total. The molecule has 134 valence electrons. The maximum atomic E-state index is 15.1. The van der Waals surface area contributed by atoms with Crippen molar-refractivity contribution in [3.05, 3.63) is 47.7 Å². The van der Waals surface area contributed by atoms with E-state index >= 15 is 4.39 Å². The van der Waals surface area contributed by atoms with E-state index in [4.69, 9.17) is 5.84 Å². The highest BCUT2D eigenvalue weighted by atomic mass is 19.1. The molecule has 0 saturated heterocycles. The van der Waals surface area contributed by atoms with E-state index in [1.807, 2.05) is 6.08 Å². The first-order valence-electron chi connectivity index (χ1n) is 8.34. The second-order valence-electron chi connectivity index (χ2n) is 6.63. The van der Waals surface area contributed by atoms with E-state index < -0.39 is 11.9 Å². The van der Waals surface area contributed by atoms with E-state index in [2.05, 4.69) is 41.7 Å². The van der Waals surface area contributed by atoms with E-state index in [0.717, 1.165) is 5.70 Å². The number of hydrogen-bond acceptors (Lipinski definition) is 5. The van der Waals surface area contributed by atoms with E-state index in [1.165, 1.54) is 0 Å². The fourth-order valence-electron chi connectivity index (χ4n) is 3.00. The molecular formula is C18H24FN5O. The monoisotopic (exact) mass is 345 g/mol. The highest BCUT2D eigenvalue weighted by Gasteiger charge is 2.22.